The first-order valence-electron chi connectivity index (χ1n) is 6.59. The number of halogens is 1. The first-order chi connectivity index (χ1) is 10.0. The van der Waals surface area contributed by atoms with E-state index in [1.54, 1.807) is 24.5 Å². The normalized spacial score (nSPS) is 11.8. The summed E-state index contributed by atoms with van der Waals surface area (Å²) >= 11 is 0. The molecular formula is C17H17FN2O. The van der Waals surface area contributed by atoms with Crippen LogP contribution >= 0.6 is 0 Å². The van der Waals surface area contributed by atoms with Crippen molar-refractivity contribution < 1.29 is 9.18 Å². The Morgan fingerprint density at radius 2 is 1.57 bits per heavy atom. The smallest absolute Gasteiger partial charge is 0.195 e. The number of aromatic nitrogens is 1. The van der Waals surface area contributed by atoms with Gasteiger partial charge in [0.05, 0.1) is 0 Å². The lowest BCUT2D eigenvalue weighted by molar-refractivity contribution is 0.105. The Morgan fingerprint density at radius 3 is 2.10 bits per heavy atom. The second-order valence-corrected chi connectivity index (χ2v) is 4.93. The average molecular weight is 284 g/mol. The number of Topliss-reactive ketones (excluding diaryl/α,β-unsaturated/α-hetero) is 1. The van der Waals surface area contributed by atoms with Crippen LogP contribution in [0.5, 0.6) is 0 Å². The Kier molecular flexibility index (Phi) is 4.48. The largest absolute Gasteiger partial charge is 0.381 e. The van der Waals surface area contributed by atoms with E-state index in [0.29, 0.717) is 11.1 Å². The van der Waals surface area contributed by atoms with Gasteiger partial charge in [-0.2, -0.15) is 0 Å². The summed E-state index contributed by atoms with van der Waals surface area (Å²) < 4.78 is 13.0. The Hall–Kier alpha value is -2.49. The molecule has 0 fully saturated rings. The zero-order valence-corrected chi connectivity index (χ0v) is 12.3. The monoisotopic (exact) mass is 284 g/mol. The Morgan fingerprint density at radius 1 is 1.00 bits per heavy atom. The summed E-state index contributed by atoms with van der Waals surface area (Å²) in [6.45, 7) is 1.89. The zero-order valence-electron chi connectivity index (χ0n) is 12.3. The summed E-state index contributed by atoms with van der Waals surface area (Å²) in [5.74, 6) is -0.488. The van der Waals surface area contributed by atoms with Crippen molar-refractivity contribution in [3.63, 3.8) is 0 Å². The van der Waals surface area contributed by atoms with E-state index in [1.807, 2.05) is 25.9 Å². The van der Waals surface area contributed by atoms with E-state index in [9.17, 15) is 9.18 Å². The molecule has 1 heterocycles. The van der Waals surface area contributed by atoms with Crippen molar-refractivity contribution in [1.82, 2.24) is 9.88 Å². The molecule has 0 saturated carbocycles. The molecule has 0 N–H and O–H groups in total. The molecule has 0 unspecified atom stereocenters. The standard InChI is InChI=1S/C17H17FN2O/c1-12(20(2)3)16(13-8-10-19-11-9-13)17(21)14-4-6-15(18)7-5-14/h4-11H,1-3H3. The van der Waals surface area contributed by atoms with Crippen LogP contribution in [0.2, 0.25) is 0 Å². The van der Waals surface area contributed by atoms with Gasteiger partial charge >= 0.3 is 0 Å². The van der Waals surface area contributed by atoms with Crippen LogP contribution in [-0.4, -0.2) is 29.8 Å². The van der Waals surface area contributed by atoms with Gasteiger partial charge in [-0.05, 0) is 48.9 Å². The minimum atomic E-state index is -0.356. The van der Waals surface area contributed by atoms with Crippen molar-refractivity contribution in [2.45, 2.75) is 6.92 Å². The third-order valence-electron chi connectivity index (χ3n) is 3.34. The van der Waals surface area contributed by atoms with E-state index < -0.39 is 0 Å². The molecule has 21 heavy (non-hydrogen) atoms. The maximum absolute atomic E-state index is 13.0. The van der Waals surface area contributed by atoms with Crippen molar-refractivity contribution in [2.24, 2.45) is 0 Å². The molecule has 0 amide bonds. The SMILES string of the molecule is CC(=C(C(=O)c1ccc(F)cc1)c1ccncc1)N(C)C. The molecule has 0 bridgehead atoms. The van der Waals surface area contributed by atoms with Gasteiger partial charge in [-0.25, -0.2) is 4.39 Å². The third kappa shape index (κ3) is 3.34. The second-order valence-electron chi connectivity index (χ2n) is 4.93. The van der Waals surface area contributed by atoms with Crippen LogP contribution in [0.25, 0.3) is 5.57 Å². The molecule has 0 atom stereocenters. The predicted octanol–water partition coefficient (Wildman–Crippen LogP) is 3.40. The Balaban J connectivity index is 2.53. The summed E-state index contributed by atoms with van der Waals surface area (Å²) in [7, 11) is 3.77. The summed E-state index contributed by atoms with van der Waals surface area (Å²) in [5, 5.41) is 0. The fourth-order valence-corrected chi connectivity index (χ4v) is 1.99. The highest BCUT2D eigenvalue weighted by atomic mass is 19.1. The van der Waals surface area contributed by atoms with E-state index in [4.69, 9.17) is 0 Å². The van der Waals surface area contributed by atoms with Crippen LogP contribution in [0.3, 0.4) is 0 Å². The third-order valence-corrected chi connectivity index (χ3v) is 3.34. The molecule has 0 aliphatic rings. The molecule has 0 aliphatic carbocycles. The maximum atomic E-state index is 13.0. The Labute approximate surface area is 123 Å². The number of rotatable bonds is 4. The highest BCUT2D eigenvalue weighted by Gasteiger charge is 2.18. The van der Waals surface area contributed by atoms with Crippen LogP contribution in [0.4, 0.5) is 4.39 Å². The summed E-state index contributed by atoms with van der Waals surface area (Å²) in [4.78, 5) is 18.6. The lowest BCUT2D eigenvalue weighted by Gasteiger charge is -2.18. The van der Waals surface area contributed by atoms with Crippen LogP contribution in [0.1, 0.15) is 22.8 Å². The predicted molar refractivity (Wildman–Crippen MR) is 81.2 cm³/mol. The van der Waals surface area contributed by atoms with E-state index in [-0.39, 0.29) is 11.6 Å². The molecule has 1 aromatic carbocycles. The van der Waals surface area contributed by atoms with Crippen molar-refractivity contribution in [1.29, 1.82) is 0 Å². The van der Waals surface area contributed by atoms with Crippen LogP contribution in [-0.2, 0) is 0 Å². The van der Waals surface area contributed by atoms with Gasteiger partial charge in [0, 0.05) is 43.3 Å². The molecular weight excluding hydrogens is 267 g/mol. The van der Waals surface area contributed by atoms with Crippen molar-refractivity contribution >= 4 is 11.4 Å². The zero-order chi connectivity index (χ0) is 15.4. The highest BCUT2D eigenvalue weighted by molar-refractivity contribution is 6.29. The number of nitrogens with zero attached hydrogens (tertiary/aromatic N) is 2. The molecule has 1 aromatic heterocycles. The van der Waals surface area contributed by atoms with Gasteiger partial charge in [-0.15, -0.1) is 0 Å². The molecule has 0 aliphatic heterocycles. The lowest BCUT2D eigenvalue weighted by atomic mass is 9.95. The number of carbonyl (C=O) groups is 1. The highest BCUT2D eigenvalue weighted by Crippen LogP contribution is 2.24. The minimum Gasteiger partial charge on any atom is -0.381 e. The summed E-state index contributed by atoms with van der Waals surface area (Å²) in [6.07, 6.45) is 3.30. The fourth-order valence-electron chi connectivity index (χ4n) is 1.99. The van der Waals surface area contributed by atoms with E-state index in [2.05, 4.69) is 4.98 Å². The first kappa shape index (κ1) is 14.9. The molecule has 108 valence electrons. The minimum absolute atomic E-state index is 0.132. The second kappa shape index (κ2) is 6.31. The average Bonchev–Trinajstić information content (AvgIpc) is 2.49. The van der Waals surface area contributed by atoms with Gasteiger partial charge < -0.3 is 4.90 Å². The number of hydrogen-bond donors (Lipinski definition) is 0. The summed E-state index contributed by atoms with van der Waals surface area (Å²) in [5.41, 5.74) is 2.69. The number of carbonyl (C=O) groups excluding carboxylic acids is 1. The van der Waals surface area contributed by atoms with Gasteiger partial charge in [0.2, 0.25) is 0 Å². The van der Waals surface area contributed by atoms with Crippen LogP contribution in [0, 0.1) is 5.82 Å². The molecule has 0 spiro atoms. The van der Waals surface area contributed by atoms with Crippen molar-refractivity contribution in [3.8, 4) is 0 Å². The molecule has 4 heteroatoms. The molecule has 2 rings (SSSR count). The lowest BCUT2D eigenvalue weighted by Crippen LogP contribution is -2.15. The molecule has 0 saturated heterocycles. The van der Waals surface area contributed by atoms with Gasteiger partial charge in [0.25, 0.3) is 0 Å². The van der Waals surface area contributed by atoms with Gasteiger partial charge in [0.1, 0.15) is 5.82 Å². The number of ketones is 1. The number of benzene rings is 1. The van der Waals surface area contributed by atoms with Crippen molar-refractivity contribution in [2.75, 3.05) is 14.1 Å². The van der Waals surface area contributed by atoms with Gasteiger partial charge in [-0.1, -0.05) is 0 Å². The fraction of sp³-hybridized carbons (Fsp3) is 0.176. The topological polar surface area (TPSA) is 33.2 Å². The van der Waals surface area contributed by atoms with Crippen LogP contribution < -0.4 is 0 Å². The summed E-state index contributed by atoms with van der Waals surface area (Å²) in [6, 6.07) is 9.18. The van der Waals surface area contributed by atoms with Crippen LogP contribution in [0.15, 0.2) is 54.5 Å². The molecule has 0 radical (unpaired) electrons. The van der Waals surface area contributed by atoms with Gasteiger partial charge in [0.15, 0.2) is 5.78 Å². The number of pyridine rings is 1. The first-order valence-corrected chi connectivity index (χ1v) is 6.59. The molecule has 2 aromatic rings. The Bertz CT molecular complexity index is 661. The van der Waals surface area contributed by atoms with Crippen molar-refractivity contribution in [3.05, 3.63) is 71.4 Å². The number of allylic oxidation sites excluding steroid dienone is 2. The van der Waals surface area contributed by atoms with Gasteiger partial charge in [-0.3, -0.25) is 9.78 Å². The quantitative estimate of drug-likeness (QED) is 0.637. The van der Waals surface area contributed by atoms with E-state index >= 15 is 0 Å². The number of hydrogen-bond acceptors (Lipinski definition) is 3. The molecule has 3 nitrogen and oxygen atoms in total. The maximum Gasteiger partial charge on any atom is 0.195 e. The van der Waals surface area contributed by atoms with E-state index in [0.717, 1.165) is 11.3 Å². The van der Waals surface area contributed by atoms with E-state index in [1.165, 1.54) is 24.3 Å².